The molecule has 0 amide bonds. The van der Waals surface area contributed by atoms with Gasteiger partial charge in [0.1, 0.15) is 10.6 Å². The molecule has 0 radical (unpaired) electrons. The van der Waals surface area contributed by atoms with Crippen LogP contribution in [0.1, 0.15) is 0 Å². The van der Waals surface area contributed by atoms with Gasteiger partial charge in [-0.3, -0.25) is 0 Å². The first-order valence-corrected chi connectivity index (χ1v) is 10.3. The maximum Gasteiger partial charge on any atom is 0.339 e. The summed E-state index contributed by atoms with van der Waals surface area (Å²) in [6.45, 7) is 0. The van der Waals surface area contributed by atoms with Gasteiger partial charge in [-0.05, 0) is 41.1 Å². The fourth-order valence-corrected chi connectivity index (χ4v) is 3.97. The van der Waals surface area contributed by atoms with Crippen LogP contribution in [0, 0.1) is 0 Å². The molecule has 0 N–H and O–H groups in total. The lowest BCUT2D eigenvalue weighted by molar-refractivity contribution is 0.486. The van der Waals surface area contributed by atoms with Gasteiger partial charge >= 0.3 is 10.1 Å². The molecule has 7 heteroatoms. The Kier molecular flexibility index (Phi) is 4.06. The molecular weight excluding hydrogens is 348 g/mol. The molecule has 3 rings (SSSR count). The number of hydrogen-bond donors (Lipinski definition) is 0. The summed E-state index contributed by atoms with van der Waals surface area (Å²) in [6, 6.07) is 17.5. The predicted molar refractivity (Wildman–Crippen MR) is 91.3 cm³/mol. The van der Waals surface area contributed by atoms with Gasteiger partial charge in [-0.2, -0.15) is 8.42 Å². The van der Waals surface area contributed by atoms with Crippen molar-refractivity contribution in [1.82, 2.24) is 0 Å². The van der Waals surface area contributed by atoms with Gasteiger partial charge in [-0.25, -0.2) is 8.42 Å². The minimum Gasteiger partial charge on any atom is -0.379 e. The van der Waals surface area contributed by atoms with E-state index in [0.717, 1.165) is 23.1 Å². The first-order valence-electron chi connectivity index (χ1n) is 6.99. The van der Waals surface area contributed by atoms with Gasteiger partial charge in [0.05, 0.1) is 4.90 Å². The Morgan fingerprint density at radius 3 is 2.08 bits per heavy atom. The van der Waals surface area contributed by atoms with Crippen molar-refractivity contribution in [2.45, 2.75) is 9.79 Å². The van der Waals surface area contributed by atoms with Crippen molar-refractivity contribution in [1.29, 1.82) is 0 Å². The van der Waals surface area contributed by atoms with E-state index in [0.29, 0.717) is 0 Å². The Bertz CT molecular complexity index is 1120. The molecule has 3 aromatic carbocycles. The highest BCUT2D eigenvalue weighted by Crippen LogP contribution is 2.24. The van der Waals surface area contributed by atoms with Crippen LogP contribution in [0.4, 0.5) is 0 Å². The summed E-state index contributed by atoms with van der Waals surface area (Å²) >= 11 is 0. The molecule has 0 bridgehead atoms. The highest BCUT2D eigenvalue weighted by molar-refractivity contribution is 7.90. The highest BCUT2D eigenvalue weighted by Gasteiger charge is 2.19. The van der Waals surface area contributed by atoms with Gasteiger partial charge in [0.25, 0.3) is 0 Å². The monoisotopic (exact) mass is 362 g/mol. The molecule has 0 aromatic heterocycles. The van der Waals surface area contributed by atoms with Crippen LogP contribution < -0.4 is 4.18 Å². The van der Waals surface area contributed by atoms with Crippen molar-refractivity contribution in [3.63, 3.8) is 0 Å². The summed E-state index contributed by atoms with van der Waals surface area (Å²) in [6.07, 6.45) is 1.02. The van der Waals surface area contributed by atoms with Crippen molar-refractivity contribution < 1.29 is 21.0 Å². The zero-order valence-electron chi connectivity index (χ0n) is 12.7. The number of fused-ring (bicyclic) bond motifs is 1. The lowest BCUT2D eigenvalue weighted by atomic mass is 10.1. The molecule has 0 unspecified atom stereocenters. The molecule has 3 aromatic rings. The summed E-state index contributed by atoms with van der Waals surface area (Å²) in [7, 11) is -7.64. The van der Waals surface area contributed by atoms with Gasteiger partial charge in [0.15, 0.2) is 9.84 Å². The second-order valence-corrected chi connectivity index (χ2v) is 8.86. The number of hydrogen-bond acceptors (Lipinski definition) is 5. The first-order chi connectivity index (χ1) is 11.3. The van der Waals surface area contributed by atoms with Crippen LogP contribution in [-0.2, 0) is 20.0 Å². The van der Waals surface area contributed by atoms with Crippen LogP contribution in [0.3, 0.4) is 0 Å². The van der Waals surface area contributed by atoms with Gasteiger partial charge in [0.2, 0.25) is 0 Å². The Balaban J connectivity index is 1.98. The zero-order chi connectivity index (χ0) is 17.4. The van der Waals surface area contributed by atoms with Crippen molar-refractivity contribution in [3.05, 3.63) is 66.7 Å². The summed E-state index contributed by atoms with van der Waals surface area (Å²) in [5.41, 5.74) is 0. The minimum absolute atomic E-state index is 0.0781. The predicted octanol–water partition coefficient (Wildman–Crippen LogP) is 3.01. The maximum atomic E-state index is 12.4. The summed E-state index contributed by atoms with van der Waals surface area (Å²) < 4.78 is 53.1. The van der Waals surface area contributed by atoms with Gasteiger partial charge in [-0.15, -0.1) is 0 Å². The molecule has 0 spiro atoms. The second kappa shape index (κ2) is 5.92. The average molecular weight is 362 g/mol. The number of benzene rings is 3. The van der Waals surface area contributed by atoms with Gasteiger partial charge < -0.3 is 4.18 Å². The molecule has 0 heterocycles. The summed E-state index contributed by atoms with van der Waals surface area (Å²) in [5, 5.41) is 1.80. The molecule has 0 saturated heterocycles. The summed E-state index contributed by atoms with van der Waals surface area (Å²) in [4.78, 5) is -0.288. The highest BCUT2D eigenvalue weighted by atomic mass is 32.2. The van der Waals surface area contributed by atoms with Crippen molar-refractivity contribution in [3.8, 4) is 5.75 Å². The van der Waals surface area contributed by atoms with E-state index in [1.807, 2.05) is 24.3 Å². The van der Waals surface area contributed by atoms with Crippen LogP contribution in [0.5, 0.6) is 5.75 Å². The van der Waals surface area contributed by atoms with E-state index in [4.69, 9.17) is 4.18 Å². The average Bonchev–Trinajstić information content (AvgIpc) is 2.54. The van der Waals surface area contributed by atoms with E-state index in [2.05, 4.69) is 0 Å². The Hall–Kier alpha value is -2.38. The van der Waals surface area contributed by atoms with Crippen molar-refractivity contribution in [2.24, 2.45) is 0 Å². The van der Waals surface area contributed by atoms with Crippen LogP contribution in [0.2, 0.25) is 0 Å². The lowest BCUT2D eigenvalue weighted by Crippen LogP contribution is -2.10. The fraction of sp³-hybridized carbons (Fsp3) is 0.0588. The maximum absolute atomic E-state index is 12.4. The third kappa shape index (κ3) is 3.42. The summed E-state index contributed by atoms with van der Waals surface area (Å²) in [5.74, 6) is 0.165. The quantitative estimate of drug-likeness (QED) is 0.667. The van der Waals surface area contributed by atoms with Crippen LogP contribution in [-0.4, -0.2) is 23.1 Å². The third-order valence-corrected chi connectivity index (χ3v) is 5.80. The molecule has 5 nitrogen and oxygen atoms in total. The zero-order valence-corrected chi connectivity index (χ0v) is 14.3. The van der Waals surface area contributed by atoms with E-state index in [9.17, 15) is 16.8 Å². The minimum atomic E-state index is -4.13. The Morgan fingerprint density at radius 1 is 0.708 bits per heavy atom. The van der Waals surface area contributed by atoms with Crippen LogP contribution >= 0.6 is 0 Å². The molecule has 24 heavy (non-hydrogen) atoms. The number of sulfone groups is 1. The molecule has 0 atom stereocenters. The molecule has 0 aliphatic heterocycles. The molecule has 0 aliphatic carbocycles. The lowest BCUT2D eigenvalue weighted by Gasteiger charge is -2.09. The molecular formula is C17H14O5S2. The van der Waals surface area contributed by atoms with Crippen LogP contribution in [0.25, 0.3) is 10.8 Å². The van der Waals surface area contributed by atoms with E-state index in [-0.39, 0.29) is 15.5 Å². The Labute approximate surface area is 140 Å². The first kappa shape index (κ1) is 16.5. The third-order valence-electron chi connectivity index (χ3n) is 3.45. The van der Waals surface area contributed by atoms with Crippen molar-refractivity contribution in [2.75, 3.05) is 6.26 Å². The largest absolute Gasteiger partial charge is 0.379 e. The topological polar surface area (TPSA) is 77.5 Å². The Morgan fingerprint density at radius 2 is 1.38 bits per heavy atom. The number of rotatable bonds is 4. The van der Waals surface area contributed by atoms with Gasteiger partial charge in [-0.1, -0.05) is 36.4 Å². The molecule has 124 valence electrons. The SMILES string of the molecule is CS(=O)(=O)c1cccc(S(=O)(=O)Oc2ccc3ccccc3c2)c1. The molecule has 0 saturated carbocycles. The standard InChI is InChI=1S/C17H14O5S2/c1-23(18,19)16-7-4-8-17(12-16)24(20,21)22-15-10-9-13-5-2-3-6-14(13)11-15/h2-12H,1H3. The van der Waals surface area contributed by atoms with E-state index < -0.39 is 20.0 Å². The second-order valence-electron chi connectivity index (χ2n) is 5.29. The van der Waals surface area contributed by atoms with Crippen molar-refractivity contribution >= 4 is 30.7 Å². The van der Waals surface area contributed by atoms with E-state index in [1.165, 1.54) is 18.2 Å². The molecule has 0 aliphatic rings. The smallest absolute Gasteiger partial charge is 0.339 e. The van der Waals surface area contributed by atoms with E-state index >= 15 is 0 Å². The van der Waals surface area contributed by atoms with Gasteiger partial charge in [0, 0.05) is 6.26 Å². The fourth-order valence-electron chi connectivity index (χ4n) is 2.25. The van der Waals surface area contributed by atoms with E-state index in [1.54, 1.807) is 18.2 Å². The molecule has 0 fully saturated rings. The van der Waals surface area contributed by atoms with Crippen LogP contribution in [0.15, 0.2) is 76.5 Å². The normalized spacial score (nSPS) is 12.2.